The van der Waals surface area contributed by atoms with Gasteiger partial charge in [-0.1, -0.05) is 0 Å². The van der Waals surface area contributed by atoms with Crippen molar-refractivity contribution in [1.29, 1.82) is 0 Å². The van der Waals surface area contributed by atoms with E-state index in [1.807, 2.05) is 0 Å². The van der Waals surface area contributed by atoms with Crippen LogP contribution in [0.15, 0.2) is 29.2 Å². The predicted molar refractivity (Wildman–Crippen MR) is 36.1 cm³/mol. The summed E-state index contributed by atoms with van der Waals surface area (Å²) >= 11 is 0. The second kappa shape index (κ2) is 6.37. The summed E-state index contributed by atoms with van der Waals surface area (Å²) in [6.45, 7) is 0. The van der Waals surface area contributed by atoms with E-state index >= 15 is 0 Å². The van der Waals surface area contributed by atoms with Crippen molar-refractivity contribution in [3.8, 4) is 5.75 Å². The predicted octanol–water partition coefficient (Wildman–Crippen LogP) is -2.70. The third-order valence-corrected chi connectivity index (χ3v) is 1.97. The molecule has 1 rings (SSSR count). The second-order valence-corrected chi connectivity index (χ2v) is 3.33. The first kappa shape index (κ1) is 16.3. The van der Waals surface area contributed by atoms with Crippen molar-refractivity contribution < 1.29 is 75.3 Å². The van der Waals surface area contributed by atoms with Gasteiger partial charge in [0.1, 0.15) is 15.9 Å². The van der Waals surface area contributed by atoms with Crippen molar-refractivity contribution in [3.05, 3.63) is 24.3 Å². The molecule has 0 saturated heterocycles. The average molecular weight is 397 g/mol. The summed E-state index contributed by atoms with van der Waals surface area (Å²) in [7, 11) is -4.38. The Balaban J connectivity index is 0. The largest absolute Gasteiger partial charge is 2.00 e. The first-order valence-corrected chi connectivity index (χ1v) is 4.16. The van der Waals surface area contributed by atoms with E-state index in [2.05, 4.69) is 0 Å². The summed E-state index contributed by atoms with van der Waals surface area (Å²) in [5, 5.41) is 8.73. The molecule has 0 atom stereocenters. The molecule has 7 heteroatoms. The van der Waals surface area contributed by atoms with Crippen LogP contribution < -0.4 is 29.6 Å². The molecule has 60 valence electrons. The van der Waals surface area contributed by atoms with E-state index in [1.165, 1.54) is 0 Å². The Morgan fingerprint density at radius 3 is 1.85 bits per heavy atom. The maximum Gasteiger partial charge on any atom is 2.00 e. The standard InChI is InChI=1S/C6H6O4S.Hg.Na/c7-5-1-3-6(4-2-5)11(8,9)10;;/h1-4,7H,(H,8,9,10);;/q;+2;+1/p-1. The number of aromatic hydroxyl groups is 1. The molecule has 0 amide bonds. The molecule has 13 heavy (non-hydrogen) atoms. The summed E-state index contributed by atoms with van der Waals surface area (Å²) < 4.78 is 30.9. The van der Waals surface area contributed by atoms with Crippen LogP contribution in [0, 0.1) is 0 Å². The van der Waals surface area contributed by atoms with Gasteiger partial charge in [0, 0.05) is 0 Å². The van der Waals surface area contributed by atoms with Gasteiger partial charge in [0.05, 0.1) is 4.90 Å². The molecule has 0 aliphatic heterocycles. The van der Waals surface area contributed by atoms with Crippen molar-refractivity contribution in [2.45, 2.75) is 4.90 Å². The maximum absolute atomic E-state index is 10.3. The minimum atomic E-state index is -4.38. The fourth-order valence-electron chi connectivity index (χ4n) is 0.613. The minimum Gasteiger partial charge on any atom is -0.744 e. The number of hydrogen-bond acceptors (Lipinski definition) is 4. The monoisotopic (exact) mass is 398 g/mol. The third kappa shape index (κ3) is 5.34. The van der Waals surface area contributed by atoms with Crippen LogP contribution in [0.5, 0.6) is 5.75 Å². The summed E-state index contributed by atoms with van der Waals surface area (Å²) in [5.74, 6) is -0.0719. The molecule has 0 heterocycles. The summed E-state index contributed by atoms with van der Waals surface area (Å²) in [5.41, 5.74) is 0. The van der Waals surface area contributed by atoms with Gasteiger partial charge in [0.2, 0.25) is 0 Å². The smallest absolute Gasteiger partial charge is 0.744 e. The van der Waals surface area contributed by atoms with E-state index in [9.17, 15) is 13.0 Å². The Kier molecular flexibility index (Phi) is 7.98. The molecule has 0 unspecified atom stereocenters. The van der Waals surface area contributed by atoms with Crippen LogP contribution in [0.25, 0.3) is 0 Å². The summed E-state index contributed by atoms with van der Waals surface area (Å²) in [6.07, 6.45) is 0. The van der Waals surface area contributed by atoms with Crippen molar-refractivity contribution in [2.24, 2.45) is 0 Å². The molecule has 1 aromatic carbocycles. The van der Waals surface area contributed by atoms with Crippen LogP contribution in [0.1, 0.15) is 0 Å². The van der Waals surface area contributed by atoms with Crippen LogP contribution in [-0.4, -0.2) is 18.1 Å². The van der Waals surface area contributed by atoms with Crippen LogP contribution in [0.2, 0.25) is 0 Å². The first-order valence-electron chi connectivity index (χ1n) is 2.75. The molecular formula is C6H5HgNaO4S+2. The zero-order valence-electron chi connectivity index (χ0n) is 7.10. The van der Waals surface area contributed by atoms with Crippen LogP contribution in [0.4, 0.5) is 0 Å². The first-order chi connectivity index (χ1) is 5.00. The quantitative estimate of drug-likeness (QED) is 0.414. The van der Waals surface area contributed by atoms with E-state index in [0.717, 1.165) is 24.3 Å². The molecule has 1 N–H and O–H groups in total. The van der Waals surface area contributed by atoms with Gasteiger partial charge in [-0.25, -0.2) is 8.42 Å². The van der Waals surface area contributed by atoms with Gasteiger partial charge in [0.25, 0.3) is 0 Å². The molecule has 4 nitrogen and oxygen atoms in total. The maximum atomic E-state index is 10.3. The van der Waals surface area contributed by atoms with Crippen molar-refractivity contribution in [2.75, 3.05) is 0 Å². The number of rotatable bonds is 1. The summed E-state index contributed by atoms with van der Waals surface area (Å²) in [4.78, 5) is -0.338. The van der Waals surface area contributed by atoms with E-state index in [4.69, 9.17) is 5.11 Å². The Bertz CT molecular complexity index is 347. The summed E-state index contributed by atoms with van der Waals surface area (Å²) in [6, 6.07) is 4.39. The normalized spacial score (nSPS) is 9.62. The molecular weight excluding hydrogens is 392 g/mol. The molecule has 0 aliphatic carbocycles. The molecule has 0 radical (unpaired) electrons. The molecule has 0 spiro atoms. The van der Waals surface area contributed by atoms with Crippen molar-refractivity contribution in [1.82, 2.24) is 0 Å². The second-order valence-electron chi connectivity index (χ2n) is 1.95. The van der Waals surface area contributed by atoms with E-state index in [-0.39, 0.29) is 67.9 Å². The van der Waals surface area contributed by atoms with Crippen LogP contribution in [-0.2, 0) is 37.8 Å². The Hall–Kier alpha value is 0.865. The Morgan fingerprint density at radius 1 is 1.15 bits per heavy atom. The molecule has 0 aliphatic rings. The van der Waals surface area contributed by atoms with Gasteiger partial charge in [-0.15, -0.1) is 0 Å². The van der Waals surface area contributed by atoms with Crippen LogP contribution in [0.3, 0.4) is 0 Å². The number of benzene rings is 1. The molecule has 0 fully saturated rings. The fourth-order valence-corrected chi connectivity index (χ4v) is 1.08. The number of hydrogen-bond donors (Lipinski definition) is 1. The number of phenolic OH excluding ortho intramolecular Hbond substituents is 1. The Labute approximate surface area is 119 Å². The molecule has 0 aromatic heterocycles. The fraction of sp³-hybridized carbons (Fsp3) is 0. The topological polar surface area (TPSA) is 77.4 Å². The molecule has 0 bridgehead atoms. The van der Waals surface area contributed by atoms with E-state index < -0.39 is 10.1 Å². The zero-order chi connectivity index (χ0) is 8.48. The van der Waals surface area contributed by atoms with Gasteiger partial charge in [0.15, 0.2) is 0 Å². The van der Waals surface area contributed by atoms with Gasteiger partial charge >= 0.3 is 57.2 Å². The van der Waals surface area contributed by atoms with Gasteiger partial charge < -0.3 is 9.66 Å². The SMILES string of the molecule is O=S(=O)([O-])c1ccc(O)cc1.[Hg+2].[Na+]. The zero-order valence-corrected chi connectivity index (χ0v) is 15.4. The van der Waals surface area contributed by atoms with Crippen LogP contribution >= 0.6 is 0 Å². The van der Waals surface area contributed by atoms with Gasteiger partial charge in [-0.3, -0.25) is 0 Å². The third-order valence-electron chi connectivity index (χ3n) is 1.13. The molecule has 0 saturated carbocycles. The van der Waals surface area contributed by atoms with E-state index in [1.54, 1.807) is 0 Å². The van der Waals surface area contributed by atoms with Crippen molar-refractivity contribution in [3.63, 3.8) is 0 Å². The molecule has 1 aromatic rings. The minimum absolute atomic E-state index is 0. The van der Waals surface area contributed by atoms with Gasteiger partial charge in [-0.05, 0) is 24.3 Å². The Morgan fingerprint density at radius 2 is 1.54 bits per heavy atom. The average Bonchev–Trinajstić information content (AvgIpc) is 1.86. The van der Waals surface area contributed by atoms with Crippen molar-refractivity contribution >= 4 is 10.1 Å². The number of phenols is 1. The van der Waals surface area contributed by atoms with E-state index in [0.29, 0.717) is 0 Å². The van der Waals surface area contributed by atoms with Gasteiger partial charge in [-0.2, -0.15) is 0 Å².